The molecule has 0 bridgehead atoms. The van der Waals surface area contributed by atoms with E-state index in [1.807, 2.05) is 0 Å². The van der Waals surface area contributed by atoms with Crippen LogP contribution in [0.3, 0.4) is 0 Å². The second kappa shape index (κ2) is 43.1. The smallest absolute Gasteiger partial charge is 0.907 e. The molecule has 0 aromatic carbocycles. The van der Waals surface area contributed by atoms with E-state index in [1.165, 1.54) is 0 Å². The quantitative estimate of drug-likeness (QED) is 0.361. The number of rotatable bonds is 0. The van der Waals surface area contributed by atoms with Gasteiger partial charge in [-0.25, -0.2) is 0 Å². The van der Waals surface area contributed by atoms with E-state index in [9.17, 15) is 0 Å². The van der Waals surface area contributed by atoms with Crippen molar-refractivity contribution in [2.24, 2.45) is 0 Å². The summed E-state index contributed by atoms with van der Waals surface area (Å²) in [7, 11) is -5.83. The van der Waals surface area contributed by atoms with Crippen molar-refractivity contribution in [3.8, 4) is 0 Å². The van der Waals surface area contributed by atoms with E-state index in [0.29, 0.717) is 0 Å². The fraction of sp³-hybridized carbons (Fsp3) is 0. The molecule has 0 amide bonds. The van der Waals surface area contributed by atoms with Crippen LogP contribution in [0.25, 0.3) is 0 Å². The zero-order chi connectivity index (χ0) is 7.15. The second-order valence-corrected chi connectivity index (χ2v) is 0.577. The molecule has 0 atom stereocenters. The van der Waals surface area contributed by atoms with Crippen LogP contribution >= 0.6 is 0 Å². The molecule has 14 heavy (non-hydrogen) atoms. The normalized spacial score (nSPS) is 3.86. The fourth-order valence-corrected chi connectivity index (χ4v) is 0. The van der Waals surface area contributed by atoms with Crippen molar-refractivity contribution in [2.45, 2.75) is 0 Å². The molecule has 0 N–H and O–H groups in total. The van der Waals surface area contributed by atoms with Crippen LogP contribution in [0, 0.1) is 0 Å². The van der Waals surface area contributed by atoms with Crippen molar-refractivity contribution in [2.75, 3.05) is 0 Å². The Labute approximate surface area is 186 Å². The van der Waals surface area contributed by atoms with Gasteiger partial charge in [-0.3, -0.25) is 14.6 Å². The molecule has 0 aliphatic carbocycles. The average Bonchev–Trinajstić information content (AvgIpc) is 1.25. The molecule has 0 saturated heterocycles. The van der Waals surface area contributed by atoms with Gasteiger partial charge < -0.3 is 30.1 Å². The Morgan fingerprint density at radius 3 is 0.429 bits per heavy atom. The van der Waals surface area contributed by atoms with Crippen LogP contribution in [-0.2, 0) is 0 Å². The molecule has 0 aromatic heterocycles. The van der Waals surface area contributed by atoms with E-state index in [4.69, 9.17) is 30.1 Å². The van der Waals surface area contributed by atoms with Gasteiger partial charge in [0.2, 0.25) is 0 Å². The van der Waals surface area contributed by atoms with Crippen LogP contribution in [0.4, 0.5) is 0 Å². The predicted octanol–water partition coefficient (Wildman–Crippen LogP) is -25.9. The zero-order valence-electron chi connectivity index (χ0n) is 9.60. The molecule has 0 aliphatic heterocycles. The average molecular weight is 207 g/mol. The van der Waals surface area contributed by atoms with E-state index in [0.717, 1.165) is 0 Å². The van der Waals surface area contributed by atoms with Gasteiger partial charge in [0.25, 0.3) is 0 Å². The van der Waals surface area contributed by atoms with Crippen molar-refractivity contribution in [3.63, 3.8) is 0 Å². The summed E-state index contributed by atoms with van der Waals surface area (Å²) in [4.78, 5) is 0. The molecule has 6 nitrogen and oxygen atoms in total. The van der Waals surface area contributed by atoms with Gasteiger partial charge in [-0.05, 0) is 0 Å². The molecule has 0 fully saturated rings. The maximum absolute atomic E-state index is 8.42. The summed E-state index contributed by atoms with van der Waals surface area (Å²) >= 11 is 0. The standard InChI is InChI=1S/2BO3.3Li.3Na/c2*2-1(3)4;;;;;;/q2*-3;6*+1. The number of hydrogen-bond acceptors (Lipinski definition) is 6. The maximum Gasteiger partial charge on any atom is 1.00 e. The first-order valence-corrected chi connectivity index (χ1v) is 1.41. The van der Waals surface area contributed by atoms with E-state index in [-0.39, 0.29) is 145 Å². The number of hydrogen-bond donors (Lipinski definition) is 0. The van der Waals surface area contributed by atoms with Gasteiger partial charge in [-0.1, -0.05) is 0 Å². The van der Waals surface area contributed by atoms with Gasteiger partial charge in [0, 0.05) is 0 Å². The van der Waals surface area contributed by atoms with E-state index < -0.39 is 14.6 Å². The molecule has 0 heterocycles. The van der Waals surface area contributed by atoms with Crippen molar-refractivity contribution in [1.82, 2.24) is 0 Å². The summed E-state index contributed by atoms with van der Waals surface area (Å²) in [5.74, 6) is 0. The van der Waals surface area contributed by atoms with Crippen LogP contribution in [0.15, 0.2) is 0 Å². The summed E-state index contributed by atoms with van der Waals surface area (Å²) in [6.45, 7) is 0. The third-order valence-electron chi connectivity index (χ3n) is 0. The van der Waals surface area contributed by atoms with Crippen molar-refractivity contribution >= 4 is 14.6 Å². The van der Waals surface area contributed by atoms with E-state index in [1.54, 1.807) is 0 Å². The molecule has 0 rings (SSSR count). The van der Waals surface area contributed by atoms with Crippen LogP contribution < -0.4 is 175 Å². The van der Waals surface area contributed by atoms with Crippen LogP contribution in [-0.4, -0.2) is 14.6 Å². The molecule has 0 saturated carbocycles. The molecular formula is B2Li3Na3O6. The van der Waals surface area contributed by atoms with Gasteiger partial charge >= 0.3 is 145 Å². The maximum atomic E-state index is 8.42. The van der Waals surface area contributed by atoms with Crippen molar-refractivity contribution < 1.29 is 175 Å². The largest absolute Gasteiger partial charge is 1.00 e. The Morgan fingerprint density at radius 1 is 0.429 bits per heavy atom. The monoisotopic (exact) mass is 208 g/mol. The molecule has 0 aromatic rings. The Morgan fingerprint density at radius 2 is 0.429 bits per heavy atom. The van der Waals surface area contributed by atoms with E-state index in [2.05, 4.69) is 0 Å². The zero-order valence-corrected chi connectivity index (χ0v) is 15.6. The molecule has 0 aliphatic rings. The van der Waals surface area contributed by atoms with Crippen molar-refractivity contribution in [1.29, 1.82) is 0 Å². The molecule has 48 valence electrons. The third kappa shape index (κ3) is 187. The first-order chi connectivity index (χ1) is 3.46. The molecular weight excluding hydrogens is 207 g/mol. The Kier molecular flexibility index (Phi) is 158. The van der Waals surface area contributed by atoms with Crippen LogP contribution in [0.5, 0.6) is 0 Å². The summed E-state index contributed by atoms with van der Waals surface area (Å²) in [6, 6.07) is 0. The summed E-state index contributed by atoms with van der Waals surface area (Å²) in [6.07, 6.45) is 0. The molecule has 0 radical (unpaired) electrons. The van der Waals surface area contributed by atoms with Gasteiger partial charge in [-0.2, -0.15) is 0 Å². The van der Waals surface area contributed by atoms with Crippen LogP contribution in [0.2, 0.25) is 0 Å². The van der Waals surface area contributed by atoms with Gasteiger partial charge in [0.05, 0.1) is 0 Å². The Hall–Kier alpha value is 4.68. The first kappa shape index (κ1) is 51.2. The topological polar surface area (TPSA) is 138 Å². The minimum absolute atomic E-state index is 0. The first-order valence-electron chi connectivity index (χ1n) is 1.41. The molecule has 0 spiro atoms. The fourth-order valence-electron chi connectivity index (χ4n) is 0. The SMILES string of the molecule is [Li+].[Li+].[Li+].[Na+].[Na+].[Na+].[O-]B([O-])[O-].[O-]B([O-])[O-]. The Balaban J connectivity index is -0.00000000600. The summed E-state index contributed by atoms with van der Waals surface area (Å²) < 4.78 is 0. The van der Waals surface area contributed by atoms with Crippen LogP contribution in [0.1, 0.15) is 0 Å². The van der Waals surface area contributed by atoms with E-state index >= 15 is 0 Å². The Bertz CT molecular complexity index is 41.8. The molecule has 14 heteroatoms. The predicted molar refractivity (Wildman–Crippen MR) is 11.5 cm³/mol. The summed E-state index contributed by atoms with van der Waals surface area (Å²) in [5.41, 5.74) is 0. The summed E-state index contributed by atoms with van der Waals surface area (Å²) in [5, 5.41) is 50.5. The van der Waals surface area contributed by atoms with Gasteiger partial charge in [0.1, 0.15) is 0 Å². The second-order valence-electron chi connectivity index (χ2n) is 0.577. The minimum Gasteiger partial charge on any atom is -0.907 e. The minimum atomic E-state index is -2.92. The van der Waals surface area contributed by atoms with Gasteiger partial charge in [-0.15, -0.1) is 0 Å². The molecule has 0 unspecified atom stereocenters. The van der Waals surface area contributed by atoms with Gasteiger partial charge in [0.15, 0.2) is 0 Å². The van der Waals surface area contributed by atoms with Crippen molar-refractivity contribution in [3.05, 3.63) is 0 Å². The third-order valence-corrected chi connectivity index (χ3v) is 0.